The number of carbonyl (C=O) groups excluding carboxylic acids is 1. The molecule has 1 aromatic carbocycles. The molecule has 82 valence electrons. The Morgan fingerprint density at radius 2 is 2.13 bits per heavy atom. The fraction of sp³-hybridized carbons (Fsp3) is 0.364. The van der Waals surface area contributed by atoms with Crippen LogP contribution in [-0.4, -0.2) is 13.0 Å². The molecule has 3 nitrogen and oxygen atoms in total. The molecule has 0 atom stereocenters. The minimum Gasteiger partial charge on any atom is -0.495 e. The molecule has 0 heterocycles. The minimum absolute atomic E-state index is 0.0284. The van der Waals surface area contributed by atoms with Gasteiger partial charge in [0.1, 0.15) is 5.75 Å². The lowest BCUT2D eigenvalue weighted by Crippen LogP contribution is -2.17. The van der Waals surface area contributed by atoms with E-state index in [0.717, 1.165) is 0 Å². The summed E-state index contributed by atoms with van der Waals surface area (Å²) in [7, 11) is 1.54. The van der Waals surface area contributed by atoms with Crippen molar-refractivity contribution in [3.05, 3.63) is 23.2 Å². The first kappa shape index (κ1) is 11.9. The van der Waals surface area contributed by atoms with Gasteiger partial charge >= 0.3 is 0 Å². The van der Waals surface area contributed by atoms with Gasteiger partial charge in [0.05, 0.1) is 12.1 Å². The highest BCUT2D eigenvalue weighted by Crippen LogP contribution is 2.27. The zero-order valence-electron chi connectivity index (χ0n) is 9.00. The molecule has 0 aliphatic carbocycles. The number of hydrogen-bond acceptors (Lipinski definition) is 2. The molecule has 0 aliphatic heterocycles. The van der Waals surface area contributed by atoms with E-state index in [2.05, 4.69) is 5.32 Å². The SMILES string of the molecule is COc1cc(NC(=O)C(C)C)ccc1Cl. The van der Waals surface area contributed by atoms with Gasteiger partial charge in [-0.1, -0.05) is 25.4 Å². The smallest absolute Gasteiger partial charge is 0.226 e. The van der Waals surface area contributed by atoms with Crippen molar-refractivity contribution >= 4 is 23.2 Å². The second-order valence-electron chi connectivity index (χ2n) is 3.49. The van der Waals surface area contributed by atoms with Gasteiger partial charge in [0, 0.05) is 17.7 Å². The molecule has 0 fully saturated rings. The van der Waals surface area contributed by atoms with E-state index in [1.54, 1.807) is 18.2 Å². The van der Waals surface area contributed by atoms with Crippen molar-refractivity contribution in [1.29, 1.82) is 0 Å². The Balaban J connectivity index is 2.83. The van der Waals surface area contributed by atoms with Crippen LogP contribution in [0.4, 0.5) is 5.69 Å². The van der Waals surface area contributed by atoms with Crippen LogP contribution in [0.15, 0.2) is 18.2 Å². The third-order valence-electron chi connectivity index (χ3n) is 1.94. The summed E-state index contributed by atoms with van der Waals surface area (Å²) >= 11 is 5.86. The van der Waals surface area contributed by atoms with E-state index >= 15 is 0 Å². The number of anilines is 1. The summed E-state index contributed by atoms with van der Waals surface area (Å²) in [5.74, 6) is 0.476. The number of amides is 1. The van der Waals surface area contributed by atoms with E-state index in [4.69, 9.17) is 16.3 Å². The highest BCUT2D eigenvalue weighted by Gasteiger charge is 2.08. The summed E-state index contributed by atoms with van der Waals surface area (Å²) in [6.07, 6.45) is 0. The number of rotatable bonds is 3. The lowest BCUT2D eigenvalue weighted by molar-refractivity contribution is -0.118. The van der Waals surface area contributed by atoms with Gasteiger partial charge in [-0.3, -0.25) is 4.79 Å². The molecule has 0 spiro atoms. The molecule has 0 radical (unpaired) electrons. The molecule has 1 amide bonds. The highest BCUT2D eigenvalue weighted by atomic mass is 35.5. The van der Waals surface area contributed by atoms with Crippen molar-refractivity contribution in [3.63, 3.8) is 0 Å². The van der Waals surface area contributed by atoms with Crippen LogP contribution in [0.5, 0.6) is 5.75 Å². The molecule has 15 heavy (non-hydrogen) atoms. The molecular weight excluding hydrogens is 214 g/mol. The third kappa shape index (κ3) is 3.13. The van der Waals surface area contributed by atoms with Crippen LogP contribution in [0.3, 0.4) is 0 Å². The Hall–Kier alpha value is -1.22. The van der Waals surface area contributed by atoms with E-state index < -0.39 is 0 Å². The van der Waals surface area contributed by atoms with Gasteiger partial charge in [-0.25, -0.2) is 0 Å². The molecule has 1 rings (SSSR count). The average Bonchev–Trinajstić information content (AvgIpc) is 2.20. The van der Waals surface area contributed by atoms with Gasteiger partial charge in [0.2, 0.25) is 5.91 Å². The van der Waals surface area contributed by atoms with Crippen LogP contribution in [-0.2, 0) is 4.79 Å². The van der Waals surface area contributed by atoms with Crippen LogP contribution in [0.2, 0.25) is 5.02 Å². The fourth-order valence-corrected chi connectivity index (χ4v) is 1.22. The minimum atomic E-state index is -0.0494. The lowest BCUT2D eigenvalue weighted by atomic mass is 10.2. The first-order chi connectivity index (χ1) is 7.04. The molecule has 0 aliphatic rings. The lowest BCUT2D eigenvalue weighted by Gasteiger charge is -2.09. The summed E-state index contributed by atoms with van der Waals surface area (Å²) in [6.45, 7) is 3.67. The van der Waals surface area contributed by atoms with Gasteiger partial charge in [0.25, 0.3) is 0 Å². The topological polar surface area (TPSA) is 38.3 Å². The zero-order chi connectivity index (χ0) is 11.4. The molecule has 0 bridgehead atoms. The maximum atomic E-state index is 11.4. The van der Waals surface area contributed by atoms with Gasteiger partial charge in [0.15, 0.2) is 0 Å². The van der Waals surface area contributed by atoms with Crippen LogP contribution in [0, 0.1) is 5.92 Å². The van der Waals surface area contributed by atoms with Crippen LogP contribution in [0.1, 0.15) is 13.8 Å². The standard InChI is InChI=1S/C11H14ClNO2/c1-7(2)11(14)13-8-4-5-9(12)10(6-8)15-3/h4-7H,1-3H3,(H,13,14). The fourth-order valence-electron chi connectivity index (χ4n) is 1.02. The predicted octanol–water partition coefficient (Wildman–Crippen LogP) is 2.94. The van der Waals surface area contributed by atoms with Gasteiger partial charge in [-0.2, -0.15) is 0 Å². The number of halogens is 1. The van der Waals surface area contributed by atoms with E-state index in [-0.39, 0.29) is 11.8 Å². The Morgan fingerprint density at radius 1 is 1.47 bits per heavy atom. The number of nitrogens with one attached hydrogen (secondary N) is 1. The van der Waals surface area contributed by atoms with Crippen molar-refractivity contribution < 1.29 is 9.53 Å². The zero-order valence-corrected chi connectivity index (χ0v) is 9.76. The monoisotopic (exact) mass is 227 g/mol. The van der Waals surface area contributed by atoms with E-state index in [9.17, 15) is 4.79 Å². The van der Waals surface area contributed by atoms with Crippen molar-refractivity contribution in [2.45, 2.75) is 13.8 Å². The summed E-state index contributed by atoms with van der Waals surface area (Å²) in [5, 5.41) is 3.29. The molecule has 4 heteroatoms. The van der Waals surface area contributed by atoms with Crippen molar-refractivity contribution in [2.24, 2.45) is 5.92 Å². The Kier molecular flexibility index (Phi) is 3.97. The number of hydrogen-bond donors (Lipinski definition) is 1. The van der Waals surface area contributed by atoms with E-state index in [0.29, 0.717) is 16.5 Å². The normalized spacial score (nSPS) is 10.2. The largest absolute Gasteiger partial charge is 0.495 e. The third-order valence-corrected chi connectivity index (χ3v) is 2.26. The first-order valence-corrected chi connectivity index (χ1v) is 5.06. The van der Waals surface area contributed by atoms with Crippen LogP contribution < -0.4 is 10.1 Å². The average molecular weight is 228 g/mol. The summed E-state index contributed by atoms with van der Waals surface area (Å²) in [4.78, 5) is 11.4. The van der Waals surface area contributed by atoms with Crippen molar-refractivity contribution in [3.8, 4) is 5.75 Å². The number of ether oxygens (including phenoxy) is 1. The van der Waals surface area contributed by atoms with Crippen molar-refractivity contribution in [2.75, 3.05) is 12.4 Å². The second kappa shape index (κ2) is 5.03. The van der Waals surface area contributed by atoms with Crippen LogP contribution >= 0.6 is 11.6 Å². The Morgan fingerprint density at radius 3 is 2.67 bits per heavy atom. The molecule has 0 saturated carbocycles. The van der Waals surface area contributed by atoms with Crippen LogP contribution in [0.25, 0.3) is 0 Å². The molecular formula is C11H14ClNO2. The maximum Gasteiger partial charge on any atom is 0.226 e. The molecule has 1 N–H and O–H groups in total. The second-order valence-corrected chi connectivity index (χ2v) is 3.90. The molecule has 0 unspecified atom stereocenters. The summed E-state index contributed by atoms with van der Waals surface area (Å²) in [5.41, 5.74) is 0.690. The molecule has 1 aromatic rings. The maximum absolute atomic E-state index is 11.4. The highest BCUT2D eigenvalue weighted by molar-refractivity contribution is 6.32. The Bertz CT molecular complexity index is 364. The molecule has 0 aromatic heterocycles. The van der Waals surface area contributed by atoms with E-state index in [1.165, 1.54) is 7.11 Å². The summed E-state index contributed by atoms with van der Waals surface area (Å²) in [6, 6.07) is 5.13. The Labute approximate surface area is 94.4 Å². The molecule has 0 saturated heterocycles. The van der Waals surface area contributed by atoms with Crippen molar-refractivity contribution in [1.82, 2.24) is 0 Å². The predicted molar refractivity (Wildman–Crippen MR) is 61.5 cm³/mol. The van der Waals surface area contributed by atoms with E-state index in [1.807, 2.05) is 13.8 Å². The summed E-state index contributed by atoms with van der Waals surface area (Å²) < 4.78 is 5.04. The first-order valence-electron chi connectivity index (χ1n) is 4.69. The van der Waals surface area contributed by atoms with Gasteiger partial charge in [-0.15, -0.1) is 0 Å². The number of benzene rings is 1. The quantitative estimate of drug-likeness (QED) is 0.862. The van der Waals surface area contributed by atoms with Gasteiger partial charge < -0.3 is 10.1 Å². The van der Waals surface area contributed by atoms with Gasteiger partial charge in [-0.05, 0) is 12.1 Å². The number of methoxy groups -OCH3 is 1. The number of carbonyl (C=O) groups is 1.